The van der Waals surface area contributed by atoms with Crippen molar-refractivity contribution in [2.45, 2.75) is 0 Å². The van der Waals surface area contributed by atoms with Crippen LogP contribution in [0, 0.1) is 22.7 Å². The summed E-state index contributed by atoms with van der Waals surface area (Å²) in [7, 11) is 0. The molecule has 0 bridgehead atoms. The highest BCUT2D eigenvalue weighted by Crippen LogP contribution is 2.08. The number of nitriles is 2. The van der Waals surface area contributed by atoms with E-state index in [9.17, 15) is 9.59 Å². The zero-order valence-electron chi connectivity index (χ0n) is 9.25. The zero-order chi connectivity index (χ0) is 13.4. The second kappa shape index (κ2) is 6.66. The van der Waals surface area contributed by atoms with Crippen LogP contribution in [-0.4, -0.2) is 25.2 Å². The van der Waals surface area contributed by atoms with E-state index in [4.69, 9.17) is 10.5 Å². The zero-order valence-corrected chi connectivity index (χ0v) is 9.25. The molecule has 0 spiro atoms. The lowest BCUT2D eigenvalue weighted by atomic mass is 10.1. The summed E-state index contributed by atoms with van der Waals surface area (Å²) in [4.78, 5) is 22.8. The molecule has 18 heavy (non-hydrogen) atoms. The van der Waals surface area contributed by atoms with E-state index in [1.807, 2.05) is 0 Å². The molecule has 1 aromatic rings. The van der Waals surface area contributed by atoms with Gasteiger partial charge in [-0.1, -0.05) is 6.07 Å². The van der Waals surface area contributed by atoms with Gasteiger partial charge in [-0.15, -0.1) is 0 Å². The van der Waals surface area contributed by atoms with Crippen molar-refractivity contribution in [1.29, 1.82) is 10.5 Å². The van der Waals surface area contributed by atoms with Gasteiger partial charge in [0.25, 0.3) is 0 Å². The largest absolute Gasteiger partial charge is 0.447 e. The van der Waals surface area contributed by atoms with E-state index in [0.29, 0.717) is 0 Å². The van der Waals surface area contributed by atoms with Crippen LogP contribution < -0.4 is 0 Å². The van der Waals surface area contributed by atoms with Crippen molar-refractivity contribution >= 4 is 11.9 Å². The van der Waals surface area contributed by atoms with Crippen LogP contribution in [0.5, 0.6) is 0 Å². The molecule has 0 amide bonds. The van der Waals surface area contributed by atoms with Crippen molar-refractivity contribution in [2.75, 3.05) is 13.2 Å². The van der Waals surface area contributed by atoms with Gasteiger partial charge in [-0.25, -0.2) is 9.59 Å². The smallest absolute Gasteiger partial charge is 0.339 e. The van der Waals surface area contributed by atoms with Gasteiger partial charge in [-0.2, -0.15) is 10.5 Å². The second-order valence-corrected chi connectivity index (χ2v) is 3.05. The monoisotopic (exact) mass is 244 g/mol. The first-order valence-electron chi connectivity index (χ1n) is 4.87. The number of nitrogens with zero attached hydrogens (tertiary/aromatic N) is 2. The summed E-state index contributed by atoms with van der Waals surface area (Å²) >= 11 is 0. The Balaban J connectivity index is 2.80. The third kappa shape index (κ3) is 3.62. The molecule has 0 heterocycles. The molecular weight excluding hydrogens is 236 g/mol. The Labute approximate surface area is 103 Å². The highest BCUT2D eigenvalue weighted by atomic mass is 16.5. The van der Waals surface area contributed by atoms with Gasteiger partial charge in [0.05, 0.1) is 11.1 Å². The Morgan fingerprint density at radius 2 is 1.44 bits per heavy atom. The Morgan fingerprint density at radius 1 is 1.00 bits per heavy atom. The van der Waals surface area contributed by atoms with E-state index in [0.717, 1.165) is 0 Å². The molecule has 0 saturated carbocycles. The summed E-state index contributed by atoms with van der Waals surface area (Å²) in [5.41, 5.74) is 0.272. The van der Waals surface area contributed by atoms with Gasteiger partial charge in [0, 0.05) is 0 Å². The highest BCUT2D eigenvalue weighted by Gasteiger charge is 2.12. The van der Waals surface area contributed by atoms with Gasteiger partial charge in [0.1, 0.15) is 12.1 Å². The van der Waals surface area contributed by atoms with Gasteiger partial charge < -0.3 is 9.47 Å². The number of carbonyl (C=O) groups is 2. The van der Waals surface area contributed by atoms with Gasteiger partial charge in [0.2, 0.25) is 0 Å². The molecule has 0 N–H and O–H groups in total. The number of benzene rings is 1. The van der Waals surface area contributed by atoms with Gasteiger partial charge >= 0.3 is 11.9 Å². The van der Waals surface area contributed by atoms with E-state index in [1.54, 1.807) is 12.1 Å². The first-order chi connectivity index (χ1) is 8.69. The molecule has 6 heteroatoms. The van der Waals surface area contributed by atoms with Crippen LogP contribution in [0.3, 0.4) is 0 Å². The molecule has 0 aliphatic heterocycles. The molecule has 0 saturated heterocycles. The maximum atomic E-state index is 11.4. The fraction of sp³-hybridized carbons (Fsp3) is 0.167. The van der Waals surface area contributed by atoms with Crippen LogP contribution in [0.15, 0.2) is 24.3 Å². The lowest BCUT2D eigenvalue weighted by Gasteiger charge is -2.03. The third-order valence-corrected chi connectivity index (χ3v) is 1.87. The number of hydrogen-bond acceptors (Lipinski definition) is 6. The average molecular weight is 244 g/mol. The molecule has 0 radical (unpaired) electrons. The molecule has 0 aliphatic rings. The van der Waals surface area contributed by atoms with E-state index in [2.05, 4.69) is 9.47 Å². The summed E-state index contributed by atoms with van der Waals surface area (Å²) in [5, 5.41) is 16.5. The molecule has 0 atom stereocenters. The predicted octanol–water partition coefficient (Wildman–Crippen LogP) is 1.05. The molecule has 90 valence electrons. The molecule has 0 aliphatic carbocycles. The molecular formula is C12H8N2O4. The van der Waals surface area contributed by atoms with E-state index < -0.39 is 11.9 Å². The number of hydrogen-bond donors (Lipinski definition) is 0. The van der Waals surface area contributed by atoms with E-state index in [-0.39, 0.29) is 24.3 Å². The van der Waals surface area contributed by atoms with Crippen LogP contribution in [0.25, 0.3) is 0 Å². The van der Waals surface area contributed by atoms with Crippen molar-refractivity contribution in [1.82, 2.24) is 0 Å². The van der Waals surface area contributed by atoms with Crippen LogP contribution in [0.1, 0.15) is 20.7 Å². The molecule has 0 fully saturated rings. The van der Waals surface area contributed by atoms with Crippen LogP contribution in [-0.2, 0) is 9.47 Å². The van der Waals surface area contributed by atoms with Crippen LogP contribution >= 0.6 is 0 Å². The van der Waals surface area contributed by atoms with Gasteiger partial charge in [0.15, 0.2) is 13.2 Å². The summed E-state index contributed by atoms with van der Waals surface area (Å²) in [6.45, 7) is -0.718. The first-order valence-corrected chi connectivity index (χ1v) is 4.87. The lowest BCUT2D eigenvalue weighted by Crippen LogP contribution is -2.09. The Hall–Kier alpha value is -2.86. The quantitative estimate of drug-likeness (QED) is 0.733. The van der Waals surface area contributed by atoms with Crippen molar-refractivity contribution in [3.8, 4) is 12.1 Å². The van der Waals surface area contributed by atoms with Crippen molar-refractivity contribution in [3.05, 3.63) is 35.4 Å². The standard InChI is InChI=1S/C12H8N2O4/c13-4-6-17-11(15)9-2-1-3-10(8-9)12(16)18-7-5-14/h1-3,8H,6-7H2. The third-order valence-electron chi connectivity index (χ3n) is 1.87. The van der Waals surface area contributed by atoms with Crippen molar-refractivity contribution in [3.63, 3.8) is 0 Å². The SMILES string of the molecule is N#CCOC(=O)c1cccc(C(=O)OCC#N)c1. The normalized spacial score (nSPS) is 8.78. The summed E-state index contributed by atoms with van der Waals surface area (Å²) < 4.78 is 9.18. The fourth-order valence-electron chi connectivity index (χ4n) is 1.14. The second-order valence-electron chi connectivity index (χ2n) is 3.05. The Bertz CT molecular complexity index is 494. The fourth-order valence-corrected chi connectivity index (χ4v) is 1.14. The molecule has 1 rings (SSSR count). The maximum absolute atomic E-state index is 11.4. The minimum atomic E-state index is -0.702. The Morgan fingerprint density at radius 3 is 1.83 bits per heavy atom. The molecule has 1 aromatic carbocycles. The van der Waals surface area contributed by atoms with Gasteiger partial charge in [-0.3, -0.25) is 0 Å². The van der Waals surface area contributed by atoms with Crippen LogP contribution in [0.2, 0.25) is 0 Å². The maximum Gasteiger partial charge on any atom is 0.339 e. The number of esters is 2. The minimum Gasteiger partial charge on any atom is -0.447 e. The summed E-state index contributed by atoms with van der Waals surface area (Å²) in [6.07, 6.45) is 0. The van der Waals surface area contributed by atoms with Crippen molar-refractivity contribution in [2.24, 2.45) is 0 Å². The minimum absolute atomic E-state index is 0.136. The van der Waals surface area contributed by atoms with Gasteiger partial charge in [-0.05, 0) is 18.2 Å². The highest BCUT2D eigenvalue weighted by molar-refractivity contribution is 5.95. The first kappa shape index (κ1) is 13.2. The molecule has 0 aromatic heterocycles. The topological polar surface area (TPSA) is 100 Å². The number of carbonyl (C=O) groups excluding carboxylic acids is 2. The Kier molecular flexibility index (Phi) is 4.89. The molecule has 6 nitrogen and oxygen atoms in total. The number of rotatable bonds is 4. The predicted molar refractivity (Wildman–Crippen MR) is 58.2 cm³/mol. The van der Waals surface area contributed by atoms with Crippen LogP contribution in [0.4, 0.5) is 0 Å². The van der Waals surface area contributed by atoms with E-state index in [1.165, 1.54) is 24.3 Å². The molecule has 0 unspecified atom stereocenters. The lowest BCUT2D eigenvalue weighted by molar-refractivity contribution is 0.0553. The summed E-state index contributed by atoms with van der Waals surface area (Å²) in [6, 6.07) is 8.97. The summed E-state index contributed by atoms with van der Waals surface area (Å²) in [5.74, 6) is -1.40. The van der Waals surface area contributed by atoms with Crippen molar-refractivity contribution < 1.29 is 19.1 Å². The number of ether oxygens (including phenoxy) is 2. The van der Waals surface area contributed by atoms with E-state index >= 15 is 0 Å². The average Bonchev–Trinajstić information content (AvgIpc) is 2.42.